The second-order valence-electron chi connectivity index (χ2n) is 8.37. The van der Waals surface area contributed by atoms with Crippen molar-refractivity contribution >= 4 is 34.1 Å². The number of pyridine rings is 1. The van der Waals surface area contributed by atoms with Gasteiger partial charge in [0.2, 0.25) is 0 Å². The Morgan fingerprint density at radius 3 is 2.46 bits per heavy atom. The van der Waals surface area contributed by atoms with Crippen LogP contribution in [0.1, 0.15) is 23.1 Å². The minimum atomic E-state index is -0.791. The van der Waals surface area contributed by atoms with Crippen LogP contribution in [0.2, 0.25) is 5.02 Å². The number of aryl methyl sites for hydroxylation is 1. The van der Waals surface area contributed by atoms with Gasteiger partial charge in [0.25, 0.3) is 11.5 Å². The first kappa shape index (κ1) is 27.3. The molecule has 4 N–H and O–H groups in total. The van der Waals surface area contributed by atoms with Crippen molar-refractivity contribution in [2.45, 2.75) is 13.3 Å². The Balaban J connectivity index is 0.000000181. The molecule has 3 aromatic carbocycles. The number of benzene rings is 3. The van der Waals surface area contributed by atoms with Crippen LogP contribution in [0.5, 0.6) is 5.75 Å². The van der Waals surface area contributed by atoms with Crippen LogP contribution in [-0.4, -0.2) is 27.6 Å². The molecule has 0 atom stereocenters. The second-order valence-corrected chi connectivity index (χ2v) is 8.78. The van der Waals surface area contributed by atoms with Crippen molar-refractivity contribution < 1.29 is 13.9 Å². The molecule has 0 saturated heterocycles. The van der Waals surface area contributed by atoms with Gasteiger partial charge in [-0.25, -0.2) is 14.4 Å². The van der Waals surface area contributed by atoms with Gasteiger partial charge in [0.1, 0.15) is 0 Å². The number of nitrogens with zero attached hydrogens (tertiary/aromatic N) is 3. The summed E-state index contributed by atoms with van der Waals surface area (Å²) in [5.41, 5.74) is 13.0. The van der Waals surface area contributed by atoms with Gasteiger partial charge in [0.05, 0.1) is 29.4 Å². The van der Waals surface area contributed by atoms with Crippen LogP contribution in [-0.2, 0) is 6.42 Å². The summed E-state index contributed by atoms with van der Waals surface area (Å²) in [4.78, 5) is 31.7. The Labute approximate surface area is 228 Å². The van der Waals surface area contributed by atoms with Crippen LogP contribution in [0, 0.1) is 5.82 Å². The average Bonchev–Trinajstić information content (AvgIpc) is 2.93. The molecule has 0 aliphatic heterocycles. The molecular formula is C29H25ClFN5O3. The van der Waals surface area contributed by atoms with Gasteiger partial charge in [0.15, 0.2) is 23.1 Å². The van der Waals surface area contributed by atoms with Gasteiger partial charge in [-0.05, 0) is 54.3 Å². The lowest BCUT2D eigenvalue weighted by Crippen LogP contribution is -2.22. The third-order valence-corrected chi connectivity index (χ3v) is 6.25. The summed E-state index contributed by atoms with van der Waals surface area (Å²) in [5, 5.41) is 1.97. The monoisotopic (exact) mass is 545 g/mol. The number of ether oxygens (including phenoxy) is 1. The highest BCUT2D eigenvalue weighted by Crippen LogP contribution is 2.25. The number of anilines is 1. The number of hydrogen-bond acceptors (Lipinski definition) is 6. The lowest BCUT2D eigenvalue weighted by atomic mass is 10.1. The molecule has 5 aromatic rings. The summed E-state index contributed by atoms with van der Waals surface area (Å²) in [7, 11) is 1.37. The van der Waals surface area contributed by atoms with E-state index in [1.807, 2.05) is 55.5 Å². The average molecular weight is 546 g/mol. The number of methoxy groups -OCH3 is 1. The number of carbonyl (C=O) groups is 1. The van der Waals surface area contributed by atoms with Crippen LogP contribution in [0.3, 0.4) is 0 Å². The molecule has 0 saturated carbocycles. The second kappa shape index (κ2) is 11.7. The fourth-order valence-electron chi connectivity index (χ4n) is 4.04. The van der Waals surface area contributed by atoms with Gasteiger partial charge in [0, 0.05) is 16.9 Å². The summed E-state index contributed by atoms with van der Waals surface area (Å²) in [5.74, 6) is -1.28. The van der Waals surface area contributed by atoms with E-state index in [2.05, 4.69) is 9.97 Å². The Morgan fingerprint density at radius 1 is 1.08 bits per heavy atom. The molecule has 0 aliphatic rings. The fraction of sp³-hybridized carbons (Fsp3) is 0.103. The van der Waals surface area contributed by atoms with Gasteiger partial charge < -0.3 is 16.2 Å². The van der Waals surface area contributed by atoms with Gasteiger partial charge in [-0.15, -0.1) is 0 Å². The normalized spacial score (nSPS) is 10.6. The molecule has 2 aromatic heterocycles. The number of primary amides is 1. The number of rotatable bonds is 5. The molecule has 0 radical (unpaired) electrons. The summed E-state index contributed by atoms with van der Waals surface area (Å²) >= 11 is 6.20. The first-order valence-electron chi connectivity index (χ1n) is 11.9. The predicted octanol–water partition coefficient (Wildman–Crippen LogP) is 5.18. The first-order chi connectivity index (χ1) is 18.7. The van der Waals surface area contributed by atoms with Crippen molar-refractivity contribution in [2.24, 2.45) is 5.73 Å². The maximum absolute atomic E-state index is 13.6. The maximum Gasteiger partial charge on any atom is 0.271 e. The quantitative estimate of drug-likeness (QED) is 0.313. The zero-order valence-electron chi connectivity index (χ0n) is 21.2. The standard InChI is InChI=1S/C17H14ClNO.C12H11FN4O2/c1-2-13-11-12-7-6-10-15(18)16(12)17(20)19(13)14-8-4-3-5-9-14;1-19-9-3-2-6(4-7(9)13)8-5-16-11(14)10(17-8)12(15)18/h3-11H,2H2,1H3;2-5H,1H3,(H2,14,16)(H2,15,18). The third kappa shape index (κ3) is 5.73. The molecule has 5 rings (SSSR count). The highest BCUT2D eigenvalue weighted by molar-refractivity contribution is 6.35. The lowest BCUT2D eigenvalue weighted by Gasteiger charge is -2.14. The first-order valence-corrected chi connectivity index (χ1v) is 12.3. The molecule has 8 nitrogen and oxygen atoms in total. The lowest BCUT2D eigenvalue weighted by molar-refractivity contribution is 0.0996. The van der Waals surface area contributed by atoms with E-state index in [0.717, 1.165) is 23.2 Å². The minimum absolute atomic E-state index is 0.0591. The fourth-order valence-corrected chi connectivity index (χ4v) is 4.30. The van der Waals surface area contributed by atoms with E-state index in [1.54, 1.807) is 16.7 Å². The molecule has 0 bridgehead atoms. The van der Waals surface area contributed by atoms with E-state index in [1.165, 1.54) is 25.4 Å². The molecule has 0 unspecified atom stereocenters. The molecule has 1 amide bonds. The minimum Gasteiger partial charge on any atom is -0.494 e. The van der Waals surface area contributed by atoms with Crippen molar-refractivity contribution in [3.05, 3.63) is 112 Å². The van der Waals surface area contributed by atoms with E-state index in [9.17, 15) is 14.0 Å². The number of halogens is 2. The van der Waals surface area contributed by atoms with Gasteiger partial charge in [-0.2, -0.15) is 0 Å². The van der Waals surface area contributed by atoms with Crippen LogP contribution in [0.25, 0.3) is 27.7 Å². The van der Waals surface area contributed by atoms with Gasteiger partial charge in [-0.1, -0.05) is 48.9 Å². The molecule has 198 valence electrons. The highest BCUT2D eigenvalue weighted by Gasteiger charge is 2.13. The van der Waals surface area contributed by atoms with Crippen LogP contribution in [0.4, 0.5) is 10.2 Å². The van der Waals surface area contributed by atoms with E-state index in [4.69, 9.17) is 27.8 Å². The molecular weight excluding hydrogens is 521 g/mol. The topological polar surface area (TPSA) is 126 Å². The van der Waals surface area contributed by atoms with Crippen molar-refractivity contribution in [2.75, 3.05) is 12.8 Å². The SMILES string of the molecule is CCc1cc2cccc(Cl)c2c(=O)n1-c1ccccc1.COc1ccc(-c2cnc(N)c(C(N)=O)n2)cc1F. The molecule has 0 spiro atoms. The Morgan fingerprint density at radius 2 is 1.82 bits per heavy atom. The maximum atomic E-state index is 13.6. The van der Waals surface area contributed by atoms with E-state index in [0.29, 0.717) is 21.7 Å². The summed E-state index contributed by atoms with van der Waals surface area (Å²) in [6, 6.07) is 21.5. The molecule has 0 fully saturated rings. The third-order valence-electron chi connectivity index (χ3n) is 5.93. The van der Waals surface area contributed by atoms with Crippen molar-refractivity contribution in [3.8, 4) is 22.7 Å². The van der Waals surface area contributed by atoms with Gasteiger partial charge in [-0.3, -0.25) is 14.2 Å². The van der Waals surface area contributed by atoms with E-state index >= 15 is 0 Å². The number of para-hydroxylation sites is 1. The molecule has 39 heavy (non-hydrogen) atoms. The van der Waals surface area contributed by atoms with Gasteiger partial charge >= 0.3 is 0 Å². The zero-order valence-corrected chi connectivity index (χ0v) is 21.9. The zero-order chi connectivity index (χ0) is 28.1. The number of aromatic nitrogens is 3. The van der Waals surface area contributed by atoms with Crippen LogP contribution < -0.4 is 21.8 Å². The Bertz CT molecular complexity index is 1720. The Kier molecular flexibility index (Phi) is 8.21. The van der Waals surface area contributed by atoms with Crippen LogP contribution >= 0.6 is 11.6 Å². The Hall–Kier alpha value is -4.76. The molecule has 0 aliphatic carbocycles. The van der Waals surface area contributed by atoms with Crippen molar-refractivity contribution in [3.63, 3.8) is 0 Å². The summed E-state index contributed by atoms with van der Waals surface area (Å²) < 4.78 is 20.1. The van der Waals surface area contributed by atoms with E-state index in [-0.39, 0.29) is 22.8 Å². The highest BCUT2D eigenvalue weighted by atomic mass is 35.5. The van der Waals surface area contributed by atoms with E-state index < -0.39 is 11.7 Å². The number of nitrogens with two attached hydrogens (primary N) is 2. The molecule has 2 heterocycles. The summed E-state index contributed by atoms with van der Waals surface area (Å²) in [6.07, 6.45) is 2.12. The number of fused-ring (bicyclic) bond motifs is 1. The smallest absolute Gasteiger partial charge is 0.271 e. The number of carbonyl (C=O) groups excluding carboxylic acids is 1. The van der Waals surface area contributed by atoms with Crippen LogP contribution in [0.15, 0.2) is 83.8 Å². The van der Waals surface area contributed by atoms with Crippen molar-refractivity contribution in [1.82, 2.24) is 14.5 Å². The number of amides is 1. The number of hydrogen-bond donors (Lipinski definition) is 2. The largest absolute Gasteiger partial charge is 0.494 e. The van der Waals surface area contributed by atoms with Crippen molar-refractivity contribution in [1.29, 1.82) is 0 Å². The predicted molar refractivity (Wildman–Crippen MR) is 151 cm³/mol. The summed E-state index contributed by atoms with van der Waals surface area (Å²) in [6.45, 7) is 2.05. The molecule has 10 heteroatoms. The number of nitrogen functional groups attached to an aromatic ring is 1.